The van der Waals surface area contributed by atoms with Crippen LogP contribution in [0.1, 0.15) is 39.0 Å². The SMILES string of the molecule is CC1C(=O)NC(C2CC2)C(=O)N1CCC1CCN(C)CC1. The van der Waals surface area contributed by atoms with E-state index in [-0.39, 0.29) is 23.9 Å². The molecule has 2 heterocycles. The normalized spacial score (nSPS) is 32.4. The predicted molar refractivity (Wildman–Crippen MR) is 80.7 cm³/mol. The van der Waals surface area contributed by atoms with Crippen molar-refractivity contribution in [2.24, 2.45) is 11.8 Å². The van der Waals surface area contributed by atoms with E-state index in [4.69, 9.17) is 0 Å². The molecule has 5 heteroatoms. The Bertz CT molecular complexity index is 414. The molecule has 3 fully saturated rings. The number of nitrogens with zero attached hydrogens (tertiary/aromatic N) is 2. The average Bonchev–Trinajstić information content (AvgIpc) is 3.29. The summed E-state index contributed by atoms with van der Waals surface area (Å²) in [6.45, 7) is 4.90. The summed E-state index contributed by atoms with van der Waals surface area (Å²) in [7, 11) is 2.16. The van der Waals surface area contributed by atoms with Gasteiger partial charge in [-0.1, -0.05) is 0 Å². The first-order chi connectivity index (χ1) is 10.1. The number of carbonyl (C=O) groups excluding carboxylic acids is 2. The molecule has 5 nitrogen and oxygen atoms in total. The van der Waals surface area contributed by atoms with Gasteiger partial charge in [0, 0.05) is 6.54 Å². The lowest BCUT2D eigenvalue weighted by Crippen LogP contribution is -2.63. The van der Waals surface area contributed by atoms with Gasteiger partial charge in [-0.05, 0) is 71.0 Å². The van der Waals surface area contributed by atoms with Crippen LogP contribution in [0, 0.1) is 11.8 Å². The van der Waals surface area contributed by atoms with E-state index in [0.717, 1.165) is 38.9 Å². The molecule has 0 aromatic carbocycles. The van der Waals surface area contributed by atoms with Gasteiger partial charge in [-0.15, -0.1) is 0 Å². The second-order valence-electron chi connectivity index (χ2n) is 7.07. The molecule has 0 radical (unpaired) electrons. The van der Waals surface area contributed by atoms with Crippen LogP contribution in [0.4, 0.5) is 0 Å². The molecule has 21 heavy (non-hydrogen) atoms. The van der Waals surface area contributed by atoms with Crippen LogP contribution in [0.5, 0.6) is 0 Å². The molecule has 1 N–H and O–H groups in total. The van der Waals surface area contributed by atoms with Gasteiger partial charge in [0.1, 0.15) is 12.1 Å². The Morgan fingerprint density at radius 2 is 1.81 bits per heavy atom. The molecule has 2 atom stereocenters. The third kappa shape index (κ3) is 3.23. The minimum absolute atomic E-state index is 0.0230. The number of piperazine rings is 1. The number of nitrogens with one attached hydrogen (secondary N) is 1. The minimum atomic E-state index is -0.307. The second-order valence-corrected chi connectivity index (χ2v) is 7.07. The first-order valence-corrected chi connectivity index (χ1v) is 8.35. The van der Waals surface area contributed by atoms with E-state index in [2.05, 4.69) is 17.3 Å². The first-order valence-electron chi connectivity index (χ1n) is 8.35. The van der Waals surface area contributed by atoms with Crippen molar-refractivity contribution in [1.82, 2.24) is 15.1 Å². The van der Waals surface area contributed by atoms with Gasteiger partial charge >= 0.3 is 0 Å². The zero-order valence-electron chi connectivity index (χ0n) is 13.2. The molecular weight excluding hydrogens is 266 g/mol. The molecule has 0 spiro atoms. The molecule has 3 aliphatic rings. The van der Waals surface area contributed by atoms with E-state index in [1.807, 2.05) is 11.8 Å². The largest absolute Gasteiger partial charge is 0.342 e. The van der Waals surface area contributed by atoms with E-state index in [9.17, 15) is 9.59 Å². The Kier molecular flexibility index (Phi) is 4.20. The van der Waals surface area contributed by atoms with Crippen molar-refractivity contribution >= 4 is 11.8 Å². The second kappa shape index (κ2) is 5.95. The molecule has 2 unspecified atom stereocenters. The summed E-state index contributed by atoms with van der Waals surface area (Å²) in [5.41, 5.74) is 0. The van der Waals surface area contributed by atoms with Crippen molar-refractivity contribution in [3.8, 4) is 0 Å². The van der Waals surface area contributed by atoms with Gasteiger partial charge in [0.05, 0.1) is 0 Å². The fourth-order valence-electron chi connectivity index (χ4n) is 3.57. The van der Waals surface area contributed by atoms with Gasteiger partial charge in [0.15, 0.2) is 0 Å². The summed E-state index contributed by atoms with van der Waals surface area (Å²) < 4.78 is 0. The van der Waals surface area contributed by atoms with Crippen LogP contribution in [0.15, 0.2) is 0 Å². The number of carbonyl (C=O) groups is 2. The van der Waals surface area contributed by atoms with Crippen molar-refractivity contribution < 1.29 is 9.59 Å². The van der Waals surface area contributed by atoms with Crippen LogP contribution in [0.2, 0.25) is 0 Å². The lowest BCUT2D eigenvalue weighted by Gasteiger charge is -2.39. The van der Waals surface area contributed by atoms with Crippen LogP contribution < -0.4 is 5.32 Å². The highest BCUT2D eigenvalue weighted by Crippen LogP contribution is 2.35. The smallest absolute Gasteiger partial charge is 0.246 e. The standard InChI is InChI=1S/C16H27N3O2/c1-11-15(20)17-14(13-3-4-13)16(21)19(11)10-7-12-5-8-18(2)9-6-12/h11-14H,3-10H2,1-2H3,(H,17,20). The van der Waals surface area contributed by atoms with E-state index >= 15 is 0 Å². The zero-order chi connectivity index (χ0) is 15.0. The Hall–Kier alpha value is -1.10. The quantitative estimate of drug-likeness (QED) is 0.836. The number of hydrogen-bond donors (Lipinski definition) is 1. The maximum absolute atomic E-state index is 12.6. The highest BCUT2D eigenvalue weighted by atomic mass is 16.2. The summed E-state index contributed by atoms with van der Waals surface area (Å²) in [4.78, 5) is 28.9. The number of rotatable bonds is 4. The summed E-state index contributed by atoms with van der Waals surface area (Å²) in [6, 6.07) is -0.551. The van der Waals surface area contributed by atoms with Crippen molar-refractivity contribution in [2.45, 2.75) is 51.1 Å². The van der Waals surface area contributed by atoms with E-state index in [1.165, 1.54) is 12.8 Å². The fourth-order valence-corrected chi connectivity index (χ4v) is 3.57. The van der Waals surface area contributed by atoms with Crippen LogP contribution >= 0.6 is 0 Å². The van der Waals surface area contributed by atoms with Gasteiger partial charge in [-0.3, -0.25) is 9.59 Å². The maximum Gasteiger partial charge on any atom is 0.246 e. The van der Waals surface area contributed by atoms with Crippen LogP contribution in [0.3, 0.4) is 0 Å². The van der Waals surface area contributed by atoms with Crippen molar-refractivity contribution in [2.75, 3.05) is 26.7 Å². The fraction of sp³-hybridized carbons (Fsp3) is 0.875. The summed E-state index contributed by atoms with van der Waals surface area (Å²) in [6.07, 6.45) is 5.62. The Morgan fingerprint density at radius 1 is 1.14 bits per heavy atom. The van der Waals surface area contributed by atoms with Crippen LogP contribution in [0.25, 0.3) is 0 Å². The average molecular weight is 293 g/mol. The van der Waals surface area contributed by atoms with Crippen LogP contribution in [-0.4, -0.2) is 60.4 Å². The van der Waals surface area contributed by atoms with Gasteiger partial charge in [0.2, 0.25) is 11.8 Å². The highest BCUT2D eigenvalue weighted by Gasteiger charge is 2.45. The van der Waals surface area contributed by atoms with E-state index in [1.54, 1.807) is 0 Å². The Morgan fingerprint density at radius 3 is 2.43 bits per heavy atom. The topological polar surface area (TPSA) is 52.7 Å². The molecule has 3 rings (SSSR count). The number of hydrogen-bond acceptors (Lipinski definition) is 3. The Balaban J connectivity index is 1.56. The van der Waals surface area contributed by atoms with Gasteiger partial charge in [-0.25, -0.2) is 0 Å². The number of amides is 2. The zero-order valence-corrected chi connectivity index (χ0v) is 13.2. The number of piperidine rings is 1. The van der Waals surface area contributed by atoms with E-state index in [0.29, 0.717) is 11.8 Å². The minimum Gasteiger partial charge on any atom is -0.342 e. The number of likely N-dealkylation sites (tertiary alicyclic amines) is 1. The molecule has 1 aliphatic carbocycles. The Labute approximate surface area is 127 Å². The summed E-state index contributed by atoms with van der Waals surface area (Å²) >= 11 is 0. The highest BCUT2D eigenvalue weighted by molar-refractivity contribution is 5.97. The third-order valence-corrected chi connectivity index (χ3v) is 5.40. The van der Waals surface area contributed by atoms with Crippen molar-refractivity contribution in [1.29, 1.82) is 0 Å². The molecule has 1 saturated carbocycles. The summed E-state index contributed by atoms with van der Waals surface area (Å²) in [5, 5.41) is 2.91. The monoisotopic (exact) mass is 293 g/mol. The lowest BCUT2D eigenvalue weighted by atomic mass is 9.93. The molecule has 0 bridgehead atoms. The molecule has 118 valence electrons. The lowest BCUT2D eigenvalue weighted by molar-refractivity contribution is -0.149. The third-order valence-electron chi connectivity index (χ3n) is 5.40. The molecule has 2 saturated heterocycles. The molecular formula is C16H27N3O2. The molecule has 2 aliphatic heterocycles. The van der Waals surface area contributed by atoms with E-state index < -0.39 is 0 Å². The molecule has 0 aromatic heterocycles. The van der Waals surface area contributed by atoms with Gasteiger partial charge < -0.3 is 15.1 Å². The maximum atomic E-state index is 12.6. The summed E-state index contributed by atoms with van der Waals surface area (Å²) in [5.74, 6) is 1.26. The predicted octanol–water partition coefficient (Wildman–Crippen LogP) is 0.844. The molecule has 0 aromatic rings. The molecule has 2 amide bonds. The first kappa shape index (κ1) is 14.8. The van der Waals surface area contributed by atoms with Crippen molar-refractivity contribution in [3.05, 3.63) is 0 Å². The van der Waals surface area contributed by atoms with Gasteiger partial charge in [0.25, 0.3) is 0 Å². The van der Waals surface area contributed by atoms with Crippen LogP contribution in [-0.2, 0) is 9.59 Å². The van der Waals surface area contributed by atoms with Gasteiger partial charge in [-0.2, -0.15) is 0 Å². The van der Waals surface area contributed by atoms with Crippen molar-refractivity contribution in [3.63, 3.8) is 0 Å².